The molecule has 0 bridgehead atoms. The van der Waals surface area contributed by atoms with E-state index in [4.69, 9.17) is 9.84 Å². The minimum atomic E-state index is -1.69. The molecule has 0 heterocycles. The molecule has 3 N–H and O–H groups in total. The maximum atomic E-state index is 11.7. The molecule has 0 unspecified atom stereocenters. The molecule has 0 radical (unpaired) electrons. The lowest BCUT2D eigenvalue weighted by Crippen LogP contribution is -2.50. The molecular formula is C21H32O7. The molecule has 0 amide bonds. The Morgan fingerprint density at radius 2 is 1.79 bits per heavy atom. The average Bonchev–Trinajstić information content (AvgIpc) is 2.54. The summed E-state index contributed by atoms with van der Waals surface area (Å²) in [5.74, 6) is -5.51. The molecule has 7 heteroatoms. The van der Waals surface area contributed by atoms with Crippen molar-refractivity contribution in [3.8, 4) is 0 Å². The van der Waals surface area contributed by atoms with E-state index >= 15 is 0 Å². The van der Waals surface area contributed by atoms with Gasteiger partial charge in [0.05, 0.1) is 13.0 Å². The predicted molar refractivity (Wildman–Crippen MR) is 102 cm³/mol. The molecule has 0 aromatic rings. The quantitative estimate of drug-likeness (QED) is 0.537. The highest BCUT2D eigenvalue weighted by Crippen LogP contribution is 2.59. The molecule has 7 nitrogen and oxygen atoms in total. The minimum Gasteiger partial charge on any atom is -0.481 e. The van der Waals surface area contributed by atoms with E-state index in [0.29, 0.717) is 5.92 Å². The fourth-order valence-electron chi connectivity index (χ4n) is 5.53. The Hall–Kier alpha value is -1.89. The van der Waals surface area contributed by atoms with Crippen LogP contribution in [-0.4, -0.2) is 45.9 Å². The molecule has 5 atom stereocenters. The van der Waals surface area contributed by atoms with Gasteiger partial charge in [-0.3, -0.25) is 9.59 Å². The number of ether oxygens (including phenoxy) is 1. The van der Waals surface area contributed by atoms with Crippen molar-refractivity contribution < 1.29 is 34.4 Å². The number of fused-ring (bicyclic) bond motifs is 1. The van der Waals surface area contributed by atoms with E-state index in [1.54, 1.807) is 0 Å². The number of carboxylic acids is 3. The second-order valence-electron chi connectivity index (χ2n) is 9.27. The molecule has 2 aliphatic rings. The van der Waals surface area contributed by atoms with Gasteiger partial charge in [-0.25, -0.2) is 4.79 Å². The fourth-order valence-corrected chi connectivity index (χ4v) is 5.53. The number of hydrogen-bond acceptors (Lipinski definition) is 4. The number of hydrogen-bond donors (Lipinski definition) is 3. The van der Waals surface area contributed by atoms with E-state index in [1.165, 1.54) is 0 Å². The van der Waals surface area contributed by atoms with E-state index in [2.05, 4.69) is 26.8 Å². The molecule has 2 aliphatic carbocycles. The van der Waals surface area contributed by atoms with Crippen LogP contribution in [-0.2, 0) is 19.1 Å². The van der Waals surface area contributed by atoms with Crippen molar-refractivity contribution in [2.24, 2.45) is 28.6 Å². The van der Waals surface area contributed by atoms with E-state index in [9.17, 15) is 24.6 Å². The molecule has 2 rings (SSSR count). The summed E-state index contributed by atoms with van der Waals surface area (Å²) in [4.78, 5) is 34.1. The van der Waals surface area contributed by atoms with Crippen molar-refractivity contribution in [2.75, 3.05) is 6.61 Å². The molecule has 28 heavy (non-hydrogen) atoms. The average molecular weight is 396 g/mol. The van der Waals surface area contributed by atoms with Crippen molar-refractivity contribution in [2.45, 2.75) is 65.9 Å². The summed E-state index contributed by atoms with van der Waals surface area (Å²) in [6, 6.07) is 0. The van der Waals surface area contributed by atoms with Gasteiger partial charge in [-0.2, -0.15) is 0 Å². The molecule has 0 aromatic heterocycles. The van der Waals surface area contributed by atoms with Crippen LogP contribution < -0.4 is 0 Å². The van der Waals surface area contributed by atoms with Crippen LogP contribution in [0, 0.1) is 28.6 Å². The van der Waals surface area contributed by atoms with Crippen molar-refractivity contribution in [1.82, 2.24) is 0 Å². The van der Waals surface area contributed by atoms with Crippen LogP contribution in [0.2, 0.25) is 0 Å². The molecule has 158 valence electrons. The van der Waals surface area contributed by atoms with Crippen molar-refractivity contribution >= 4 is 17.9 Å². The van der Waals surface area contributed by atoms with Crippen LogP contribution >= 0.6 is 0 Å². The van der Waals surface area contributed by atoms with Gasteiger partial charge in [0.25, 0.3) is 0 Å². The molecule has 0 spiro atoms. The zero-order valence-corrected chi connectivity index (χ0v) is 17.1. The maximum Gasteiger partial charge on any atom is 0.333 e. The first kappa shape index (κ1) is 22.4. The van der Waals surface area contributed by atoms with Crippen LogP contribution in [0.1, 0.15) is 59.8 Å². The Balaban J connectivity index is 2.25. The van der Waals surface area contributed by atoms with Gasteiger partial charge in [-0.1, -0.05) is 38.8 Å². The van der Waals surface area contributed by atoms with E-state index in [-0.39, 0.29) is 23.4 Å². The zero-order valence-electron chi connectivity index (χ0n) is 17.1. The van der Waals surface area contributed by atoms with E-state index in [1.807, 2.05) is 6.92 Å². The number of carbonyl (C=O) groups is 3. The van der Waals surface area contributed by atoms with Gasteiger partial charge >= 0.3 is 17.9 Å². The van der Waals surface area contributed by atoms with E-state index < -0.39 is 36.4 Å². The van der Waals surface area contributed by atoms with Gasteiger partial charge < -0.3 is 20.1 Å². The zero-order chi connectivity index (χ0) is 21.3. The van der Waals surface area contributed by atoms with Gasteiger partial charge in [0, 0.05) is 5.92 Å². The van der Waals surface area contributed by atoms with Crippen LogP contribution in [0.5, 0.6) is 0 Å². The summed E-state index contributed by atoms with van der Waals surface area (Å²) >= 11 is 0. The van der Waals surface area contributed by atoms with Crippen LogP contribution in [0.25, 0.3) is 0 Å². The highest BCUT2D eigenvalue weighted by Gasteiger charge is 2.52. The number of rotatable bonds is 8. The molecule has 0 aliphatic heterocycles. The monoisotopic (exact) mass is 396 g/mol. The highest BCUT2D eigenvalue weighted by molar-refractivity contribution is 5.85. The second-order valence-corrected chi connectivity index (χ2v) is 9.27. The maximum absolute atomic E-state index is 11.7. The number of aliphatic carboxylic acids is 3. The topological polar surface area (TPSA) is 121 Å². The summed E-state index contributed by atoms with van der Waals surface area (Å²) in [5.41, 5.74) is 1.24. The van der Waals surface area contributed by atoms with E-state index in [0.717, 1.165) is 31.3 Å². The lowest BCUT2D eigenvalue weighted by Gasteiger charge is -2.56. The normalized spacial score (nSPS) is 31.2. The third kappa shape index (κ3) is 4.40. The second kappa shape index (κ2) is 8.23. The molecule has 1 saturated carbocycles. The summed E-state index contributed by atoms with van der Waals surface area (Å²) in [7, 11) is 0. The van der Waals surface area contributed by atoms with Gasteiger partial charge in [0.1, 0.15) is 5.92 Å². The highest BCUT2D eigenvalue weighted by atomic mass is 16.5. The standard InChI is InChI=1S/C21H32O7/c1-12-6-7-15-20(2,3)8-5-9-21(15,4)14(12)11-28-17(19(26)27)13(18(24)25)10-16(22)23/h6,13-15,17H,5,7-11H2,1-4H3,(H,22,23)(H,24,25)(H,26,27)/t13-,14-,15-,17+,21+/m0/s1. The SMILES string of the molecule is CC1=CC[C@H]2C(C)(C)CCC[C@]2(C)[C@H]1CO[C@@H](C(=O)O)[C@H](CC(=O)O)C(=O)O. The Morgan fingerprint density at radius 1 is 1.14 bits per heavy atom. The molecule has 0 aromatic carbocycles. The summed E-state index contributed by atoms with van der Waals surface area (Å²) < 4.78 is 5.64. The molecular weight excluding hydrogens is 364 g/mol. The molecule has 0 saturated heterocycles. The Kier molecular flexibility index (Phi) is 6.58. The third-order valence-corrected chi connectivity index (χ3v) is 7.06. The largest absolute Gasteiger partial charge is 0.481 e. The first-order valence-corrected chi connectivity index (χ1v) is 9.86. The van der Waals surface area contributed by atoms with Crippen molar-refractivity contribution in [1.29, 1.82) is 0 Å². The van der Waals surface area contributed by atoms with Gasteiger partial charge in [-0.15, -0.1) is 0 Å². The first-order valence-electron chi connectivity index (χ1n) is 9.86. The smallest absolute Gasteiger partial charge is 0.333 e. The Bertz CT molecular complexity index is 666. The Labute approximate surface area is 165 Å². The van der Waals surface area contributed by atoms with Gasteiger partial charge in [0.15, 0.2) is 6.10 Å². The third-order valence-electron chi connectivity index (χ3n) is 7.06. The summed E-state index contributed by atoms with van der Waals surface area (Å²) in [5, 5.41) is 27.8. The van der Waals surface area contributed by atoms with Crippen molar-refractivity contribution in [3.63, 3.8) is 0 Å². The number of allylic oxidation sites excluding steroid dienone is 1. The van der Waals surface area contributed by atoms with Crippen LogP contribution in [0.3, 0.4) is 0 Å². The lowest BCUT2D eigenvalue weighted by atomic mass is 9.49. The summed E-state index contributed by atoms with van der Waals surface area (Å²) in [6.07, 6.45) is 3.92. The predicted octanol–water partition coefficient (Wildman–Crippen LogP) is 3.43. The van der Waals surface area contributed by atoms with Crippen LogP contribution in [0.15, 0.2) is 11.6 Å². The van der Waals surface area contributed by atoms with Crippen molar-refractivity contribution in [3.05, 3.63) is 11.6 Å². The number of carboxylic acid groups (broad SMARTS) is 3. The van der Waals surface area contributed by atoms with Gasteiger partial charge in [0.2, 0.25) is 0 Å². The van der Waals surface area contributed by atoms with Gasteiger partial charge in [-0.05, 0) is 42.9 Å². The molecule has 1 fully saturated rings. The first-order chi connectivity index (χ1) is 12.9. The van der Waals surface area contributed by atoms with Crippen LogP contribution in [0.4, 0.5) is 0 Å². The Morgan fingerprint density at radius 3 is 2.32 bits per heavy atom. The lowest BCUT2D eigenvalue weighted by molar-refractivity contribution is -0.169. The fraction of sp³-hybridized carbons (Fsp3) is 0.762. The minimum absolute atomic E-state index is 0.0213. The summed E-state index contributed by atoms with van der Waals surface area (Å²) in [6.45, 7) is 8.86.